The monoisotopic (exact) mass is 168 g/mol. The number of rotatable bonds is 4. The second-order valence-electron chi connectivity index (χ2n) is 3.96. The van der Waals surface area contributed by atoms with Gasteiger partial charge in [0, 0.05) is 6.42 Å². The molecule has 1 heteroatoms. The molecule has 0 radical (unpaired) electrons. The van der Waals surface area contributed by atoms with Crippen molar-refractivity contribution in [3.05, 3.63) is 0 Å². The molecular weight excluding hydrogens is 148 g/mol. The molecule has 1 aliphatic rings. The van der Waals surface area contributed by atoms with Crippen LogP contribution in [0.1, 0.15) is 51.9 Å². The molecule has 0 spiro atoms. The second kappa shape index (κ2) is 5.34. The molecule has 2 atom stereocenters. The van der Waals surface area contributed by atoms with Crippen LogP contribution in [0.2, 0.25) is 0 Å². The predicted molar refractivity (Wildman–Crippen MR) is 51.0 cm³/mol. The van der Waals surface area contributed by atoms with Gasteiger partial charge in [0.2, 0.25) is 0 Å². The Labute approximate surface area is 75.5 Å². The van der Waals surface area contributed by atoms with E-state index in [2.05, 4.69) is 6.92 Å². The van der Waals surface area contributed by atoms with Crippen molar-refractivity contribution in [1.29, 1.82) is 0 Å². The standard InChI is InChI=1S/C11H20O/c1-2-10-6-3-4-7-11(10)8-5-9-12/h9-11H,2-8H2,1H3/t10-,11+/m1/s1. The van der Waals surface area contributed by atoms with Gasteiger partial charge in [0.25, 0.3) is 0 Å². The topological polar surface area (TPSA) is 17.1 Å². The molecule has 1 saturated carbocycles. The van der Waals surface area contributed by atoms with Gasteiger partial charge in [-0.2, -0.15) is 0 Å². The molecule has 70 valence electrons. The Morgan fingerprint density at radius 1 is 1.25 bits per heavy atom. The third-order valence-corrected chi connectivity index (χ3v) is 3.25. The van der Waals surface area contributed by atoms with Crippen LogP contribution in [0, 0.1) is 11.8 Å². The van der Waals surface area contributed by atoms with Crippen molar-refractivity contribution in [2.24, 2.45) is 11.8 Å². The van der Waals surface area contributed by atoms with Crippen LogP contribution >= 0.6 is 0 Å². The highest BCUT2D eigenvalue weighted by Gasteiger charge is 2.22. The summed E-state index contributed by atoms with van der Waals surface area (Å²) in [6, 6.07) is 0. The van der Waals surface area contributed by atoms with Crippen LogP contribution < -0.4 is 0 Å². The average Bonchev–Trinajstić information content (AvgIpc) is 2.15. The molecular formula is C11H20O. The van der Waals surface area contributed by atoms with Crippen molar-refractivity contribution in [2.75, 3.05) is 0 Å². The number of hydrogen-bond donors (Lipinski definition) is 0. The molecule has 0 saturated heterocycles. The van der Waals surface area contributed by atoms with E-state index in [-0.39, 0.29) is 0 Å². The van der Waals surface area contributed by atoms with E-state index < -0.39 is 0 Å². The summed E-state index contributed by atoms with van der Waals surface area (Å²) in [5.74, 6) is 1.77. The smallest absolute Gasteiger partial charge is 0.120 e. The van der Waals surface area contributed by atoms with E-state index >= 15 is 0 Å². The van der Waals surface area contributed by atoms with Crippen molar-refractivity contribution in [2.45, 2.75) is 51.9 Å². The van der Waals surface area contributed by atoms with Gasteiger partial charge in [-0.3, -0.25) is 0 Å². The summed E-state index contributed by atoms with van der Waals surface area (Å²) >= 11 is 0. The first-order chi connectivity index (χ1) is 5.88. The molecule has 0 unspecified atom stereocenters. The fourth-order valence-corrected chi connectivity index (χ4v) is 2.48. The normalized spacial score (nSPS) is 30.1. The molecule has 0 bridgehead atoms. The lowest BCUT2D eigenvalue weighted by Crippen LogP contribution is -2.18. The predicted octanol–water partition coefficient (Wildman–Crippen LogP) is 3.18. The quantitative estimate of drug-likeness (QED) is 0.589. The SMILES string of the molecule is CC[C@@H]1CCCC[C@H]1CCC=O. The average molecular weight is 168 g/mol. The summed E-state index contributed by atoms with van der Waals surface area (Å²) in [4.78, 5) is 10.2. The fourth-order valence-electron chi connectivity index (χ4n) is 2.48. The minimum atomic E-state index is 0.779. The molecule has 0 aromatic heterocycles. The van der Waals surface area contributed by atoms with Gasteiger partial charge in [-0.25, -0.2) is 0 Å². The van der Waals surface area contributed by atoms with E-state index in [9.17, 15) is 4.79 Å². The number of carbonyl (C=O) groups excluding carboxylic acids is 1. The van der Waals surface area contributed by atoms with Crippen LogP contribution in [-0.4, -0.2) is 6.29 Å². The maximum atomic E-state index is 10.2. The summed E-state index contributed by atoms with van der Waals surface area (Å²) in [6.45, 7) is 2.28. The molecule has 0 aliphatic heterocycles. The Hall–Kier alpha value is -0.330. The first-order valence-electron chi connectivity index (χ1n) is 5.32. The zero-order chi connectivity index (χ0) is 8.81. The second-order valence-corrected chi connectivity index (χ2v) is 3.96. The Morgan fingerprint density at radius 3 is 2.50 bits per heavy atom. The number of carbonyl (C=O) groups is 1. The Balaban J connectivity index is 2.30. The molecule has 1 nitrogen and oxygen atoms in total. The van der Waals surface area contributed by atoms with E-state index in [0.717, 1.165) is 31.0 Å². The Kier molecular flexibility index (Phi) is 4.34. The highest BCUT2D eigenvalue weighted by molar-refractivity contribution is 5.49. The van der Waals surface area contributed by atoms with Crippen LogP contribution in [0.25, 0.3) is 0 Å². The number of aldehydes is 1. The maximum Gasteiger partial charge on any atom is 0.120 e. The van der Waals surface area contributed by atoms with Crippen LogP contribution in [0.5, 0.6) is 0 Å². The number of hydrogen-bond acceptors (Lipinski definition) is 1. The van der Waals surface area contributed by atoms with Gasteiger partial charge in [-0.15, -0.1) is 0 Å². The third kappa shape index (κ3) is 2.62. The van der Waals surface area contributed by atoms with E-state index in [4.69, 9.17) is 0 Å². The van der Waals surface area contributed by atoms with Gasteiger partial charge in [-0.05, 0) is 18.3 Å². The van der Waals surface area contributed by atoms with Crippen molar-refractivity contribution in [1.82, 2.24) is 0 Å². The first kappa shape index (κ1) is 9.76. The van der Waals surface area contributed by atoms with Gasteiger partial charge in [0.15, 0.2) is 0 Å². The van der Waals surface area contributed by atoms with Crippen LogP contribution in [0.3, 0.4) is 0 Å². The highest BCUT2D eigenvalue weighted by Crippen LogP contribution is 2.34. The van der Waals surface area contributed by atoms with Crippen LogP contribution in [0.15, 0.2) is 0 Å². The molecule has 0 aromatic carbocycles. The summed E-state index contributed by atoms with van der Waals surface area (Å²) < 4.78 is 0. The van der Waals surface area contributed by atoms with Crippen molar-refractivity contribution in [3.8, 4) is 0 Å². The largest absolute Gasteiger partial charge is 0.303 e. The lowest BCUT2D eigenvalue weighted by atomic mass is 9.76. The lowest BCUT2D eigenvalue weighted by molar-refractivity contribution is -0.108. The van der Waals surface area contributed by atoms with E-state index in [1.54, 1.807) is 0 Å². The zero-order valence-corrected chi connectivity index (χ0v) is 8.09. The van der Waals surface area contributed by atoms with Crippen molar-refractivity contribution < 1.29 is 4.79 Å². The Morgan fingerprint density at radius 2 is 1.92 bits per heavy atom. The molecule has 0 amide bonds. The van der Waals surface area contributed by atoms with Crippen LogP contribution in [-0.2, 0) is 4.79 Å². The van der Waals surface area contributed by atoms with Gasteiger partial charge in [-0.1, -0.05) is 39.0 Å². The first-order valence-corrected chi connectivity index (χ1v) is 5.32. The molecule has 0 aromatic rings. The third-order valence-electron chi connectivity index (χ3n) is 3.25. The lowest BCUT2D eigenvalue weighted by Gasteiger charge is -2.30. The van der Waals surface area contributed by atoms with Crippen molar-refractivity contribution in [3.63, 3.8) is 0 Å². The molecule has 0 N–H and O–H groups in total. The zero-order valence-electron chi connectivity index (χ0n) is 8.09. The van der Waals surface area contributed by atoms with E-state index in [1.807, 2.05) is 0 Å². The molecule has 1 rings (SSSR count). The molecule has 12 heavy (non-hydrogen) atoms. The molecule has 1 fully saturated rings. The summed E-state index contributed by atoms with van der Waals surface area (Å²) in [5.41, 5.74) is 0. The van der Waals surface area contributed by atoms with E-state index in [0.29, 0.717) is 0 Å². The summed E-state index contributed by atoms with van der Waals surface area (Å²) in [7, 11) is 0. The van der Waals surface area contributed by atoms with Gasteiger partial charge >= 0.3 is 0 Å². The van der Waals surface area contributed by atoms with Gasteiger partial charge in [0.05, 0.1) is 0 Å². The maximum absolute atomic E-state index is 10.2. The van der Waals surface area contributed by atoms with Gasteiger partial charge < -0.3 is 4.79 Å². The minimum Gasteiger partial charge on any atom is -0.303 e. The molecule has 0 heterocycles. The Bertz CT molecular complexity index is 131. The van der Waals surface area contributed by atoms with E-state index in [1.165, 1.54) is 32.1 Å². The van der Waals surface area contributed by atoms with Gasteiger partial charge in [0.1, 0.15) is 6.29 Å². The highest BCUT2D eigenvalue weighted by atomic mass is 16.1. The van der Waals surface area contributed by atoms with Crippen LogP contribution in [0.4, 0.5) is 0 Å². The summed E-state index contributed by atoms with van der Waals surface area (Å²) in [6.07, 6.45) is 9.87. The fraction of sp³-hybridized carbons (Fsp3) is 0.909. The summed E-state index contributed by atoms with van der Waals surface area (Å²) in [5, 5.41) is 0. The van der Waals surface area contributed by atoms with Crippen molar-refractivity contribution >= 4 is 6.29 Å². The minimum absolute atomic E-state index is 0.779. The molecule has 1 aliphatic carbocycles.